The first-order chi connectivity index (χ1) is 13.5. The molecule has 0 saturated heterocycles. The van der Waals surface area contributed by atoms with E-state index < -0.39 is 10.1 Å². The molecule has 3 aromatic carbocycles. The van der Waals surface area contributed by atoms with Gasteiger partial charge in [-0.05, 0) is 43.3 Å². The Hall–Kier alpha value is -1.89. The van der Waals surface area contributed by atoms with Crippen molar-refractivity contribution in [1.29, 1.82) is 0 Å². The van der Waals surface area contributed by atoms with Gasteiger partial charge in [0, 0.05) is 10.6 Å². The lowest BCUT2D eigenvalue weighted by Gasteiger charge is -2.29. The van der Waals surface area contributed by atoms with Gasteiger partial charge in [0.15, 0.2) is 0 Å². The van der Waals surface area contributed by atoms with Crippen molar-refractivity contribution < 1.29 is 13.0 Å². The monoisotopic (exact) mass is 451 g/mol. The van der Waals surface area contributed by atoms with Crippen LogP contribution in [-0.2, 0) is 16.7 Å². The molecule has 0 unspecified atom stereocenters. The van der Waals surface area contributed by atoms with Gasteiger partial charge in [-0.15, -0.1) is 0 Å². The van der Waals surface area contributed by atoms with E-state index >= 15 is 0 Å². The Morgan fingerprint density at radius 2 is 1.48 bits per heavy atom. The van der Waals surface area contributed by atoms with Crippen LogP contribution in [0.5, 0.6) is 0 Å². The number of hydrogen-bond donors (Lipinski definition) is 0. The predicted molar refractivity (Wildman–Crippen MR) is 119 cm³/mol. The van der Waals surface area contributed by atoms with Crippen LogP contribution in [0.1, 0.15) is 11.1 Å². The summed E-state index contributed by atoms with van der Waals surface area (Å²) in [5, 5.41) is 1.40. The van der Waals surface area contributed by atoms with E-state index in [0.29, 0.717) is 5.02 Å². The predicted octanol–water partition coefficient (Wildman–Crippen LogP) is 5.66. The molecule has 7 heteroatoms. The molecule has 0 aliphatic carbocycles. The lowest BCUT2D eigenvalue weighted by atomic mass is 10.1. The summed E-state index contributed by atoms with van der Waals surface area (Å²) >= 11 is 12.1. The minimum atomic E-state index is -4.27. The summed E-state index contributed by atoms with van der Waals surface area (Å²) in [4.78, 5) is -0.178. The highest BCUT2D eigenvalue weighted by atomic mass is 35.5. The van der Waals surface area contributed by atoms with Gasteiger partial charge >= 0.3 is 0 Å². The number of hydrogen-bond acceptors (Lipinski definition) is 3. The van der Waals surface area contributed by atoms with Gasteiger partial charge < -0.3 is 4.55 Å². The maximum absolute atomic E-state index is 10.4. The van der Waals surface area contributed by atoms with E-state index in [1.807, 2.05) is 25.1 Å². The molecule has 0 aliphatic rings. The molecule has 0 fully saturated rings. The van der Waals surface area contributed by atoms with Gasteiger partial charge in [-0.1, -0.05) is 65.2 Å². The first-order valence-electron chi connectivity index (χ1n) is 8.84. The highest BCUT2D eigenvalue weighted by molar-refractivity contribution is 7.85. The molecule has 0 radical (unpaired) electrons. The summed E-state index contributed by atoms with van der Waals surface area (Å²) in [5.41, 5.74) is 3.29. The van der Waals surface area contributed by atoms with Crippen molar-refractivity contribution in [2.75, 3.05) is 14.1 Å². The second-order valence-corrected chi connectivity index (χ2v) is 9.40. The van der Waals surface area contributed by atoms with E-state index in [4.69, 9.17) is 23.2 Å². The Bertz CT molecular complexity index is 1050. The molecule has 0 aromatic heterocycles. The molecule has 3 rings (SSSR count). The minimum Gasteiger partial charge on any atom is -0.744 e. The Morgan fingerprint density at radius 3 is 2.00 bits per heavy atom. The van der Waals surface area contributed by atoms with E-state index in [0.717, 1.165) is 27.2 Å². The summed E-state index contributed by atoms with van der Waals surface area (Å²) in [7, 11) is 0.0643. The van der Waals surface area contributed by atoms with Crippen LogP contribution in [0.25, 0.3) is 0 Å². The van der Waals surface area contributed by atoms with Crippen LogP contribution in [0.15, 0.2) is 77.7 Å². The first kappa shape index (κ1) is 23.4. The number of nitrogens with zero attached hydrogens (tertiary/aromatic N) is 1. The standard InChI is InChI=1S/C15H16Cl2N.C7H8O3S/c1-18(2,14-6-4-3-5-7-14)11-12-8-9-13(16)10-15(12)17;1-6-2-4-7(5-3-6)11(8,9)10/h3-10H,11H2,1-2H3;2-5H,1H3,(H,8,9,10)/q+1;/p-1. The molecule has 0 aliphatic heterocycles. The van der Waals surface area contributed by atoms with Gasteiger partial charge in [0.25, 0.3) is 0 Å². The van der Waals surface area contributed by atoms with Gasteiger partial charge in [-0.2, -0.15) is 0 Å². The van der Waals surface area contributed by atoms with Gasteiger partial charge in [-0.25, -0.2) is 8.42 Å². The zero-order chi connectivity index (χ0) is 21.7. The maximum atomic E-state index is 10.4. The number of rotatable bonds is 4. The Balaban J connectivity index is 0.000000234. The van der Waals surface area contributed by atoms with Crippen molar-refractivity contribution in [3.8, 4) is 0 Å². The molecule has 0 N–H and O–H groups in total. The molecule has 0 heterocycles. The van der Waals surface area contributed by atoms with Crippen molar-refractivity contribution in [3.05, 3.63) is 94.0 Å². The molecule has 3 aromatic rings. The maximum Gasteiger partial charge on any atom is 0.132 e. The van der Waals surface area contributed by atoms with Crippen LogP contribution in [0.4, 0.5) is 5.69 Å². The number of aryl methyl sites for hydroxylation is 1. The molecule has 0 bridgehead atoms. The smallest absolute Gasteiger partial charge is 0.132 e. The van der Waals surface area contributed by atoms with Gasteiger partial charge in [0.2, 0.25) is 0 Å². The third-order valence-electron chi connectivity index (χ3n) is 4.35. The van der Waals surface area contributed by atoms with Crippen molar-refractivity contribution in [1.82, 2.24) is 4.48 Å². The van der Waals surface area contributed by atoms with Crippen LogP contribution in [0.2, 0.25) is 10.0 Å². The van der Waals surface area contributed by atoms with Gasteiger partial charge in [-0.3, -0.25) is 4.48 Å². The van der Waals surface area contributed by atoms with E-state index in [-0.39, 0.29) is 4.90 Å². The highest BCUT2D eigenvalue weighted by Gasteiger charge is 2.20. The zero-order valence-corrected chi connectivity index (χ0v) is 18.8. The second-order valence-electron chi connectivity index (χ2n) is 7.18. The van der Waals surface area contributed by atoms with Crippen molar-refractivity contribution in [2.45, 2.75) is 18.4 Å². The fraction of sp³-hybridized carbons (Fsp3) is 0.182. The third kappa shape index (κ3) is 7.14. The van der Waals surface area contributed by atoms with Crippen LogP contribution in [0, 0.1) is 6.92 Å². The second kappa shape index (κ2) is 9.74. The summed E-state index contributed by atoms with van der Waals surface area (Å²) < 4.78 is 31.9. The zero-order valence-electron chi connectivity index (χ0n) is 16.5. The number of halogens is 2. The number of quaternary nitrogens is 1. The van der Waals surface area contributed by atoms with E-state index in [2.05, 4.69) is 38.4 Å². The molecular weight excluding hydrogens is 429 g/mol. The largest absolute Gasteiger partial charge is 0.744 e. The SMILES string of the molecule is C[N+](C)(Cc1ccc(Cl)cc1Cl)c1ccccc1.Cc1ccc(S(=O)(=O)[O-])cc1. The molecule has 0 atom stereocenters. The normalized spacial score (nSPS) is 11.5. The topological polar surface area (TPSA) is 57.2 Å². The lowest BCUT2D eigenvalue weighted by molar-refractivity contribution is 0.392. The van der Waals surface area contributed by atoms with Crippen molar-refractivity contribution in [2.24, 2.45) is 0 Å². The number of para-hydroxylation sites is 1. The summed E-state index contributed by atoms with van der Waals surface area (Å²) in [6.45, 7) is 2.65. The Labute approximate surface area is 182 Å². The summed E-state index contributed by atoms with van der Waals surface area (Å²) in [6, 6.07) is 21.8. The summed E-state index contributed by atoms with van der Waals surface area (Å²) in [6.07, 6.45) is 0. The molecule has 0 amide bonds. The average molecular weight is 452 g/mol. The molecule has 0 spiro atoms. The quantitative estimate of drug-likeness (QED) is 0.379. The van der Waals surface area contributed by atoms with Gasteiger partial charge in [0.1, 0.15) is 22.4 Å². The van der Waals surface area contributed by atoms with E-state index in [1.165, 1.54) is 17.8 Å². The third-order valence-corrected chi connectivity index (χ3v) is 5.78. The van der Waals surface area contributed by atoms with Crippen LogP contribution in [0.3, 0.4) is 0 Å². The fourth-order valence-corrected chi connectivity index (χ4v) is 3.64. The van der Waals surface area contributed by atoms with Crippen LogP contribution < -0.4 is 4.48 Å². The summed E-state index contributed by atoms with van der Waals surface area (Å²) in [5.74, 6) is 0. The minimum absolute atomic E-state index is 0.178. The fourth-order valence-electron chi connectivity index (χ4n) is 2.70. The average Bonchev–Trinajstić information content (AvgIpc) is 2.65. The van der Waals surface area contributed by atoms with E-state index in [9.17, 15) is 13.0 Å². The highest BCUT2D eigenvalue weighted by Crippen LogP contribution is 2.27. The Morgan fingerprint density at radius 1 is 0.897 bits per heavy atom. The first-order valence-corrected chi connectivity index (χ1v) is 11.0. The lowest BCUT2D eigenvalue weighted by Crippen LogP contribution is -2.39. The van der Waals surface area contributed by atoms with Gasteiger partial charge in [0.05, 0.1) is 24.0 Å². The van der Waals surface area contributed by atoms with Crippen LogP contribution >= 0.6 is 23.2 Å². The molecule has 29 heavy (non-hydrogen) atoms. The van der Waals surface area contributed by atoms with Crippen molar-refractivity contribution in [3.63, 3.8) is 0 Å². The molecule has 4 nitrogen and oxygen atoms in total. The van der Waals surface area contributed by atoms with Crippen LogP contribution in [-0.4, -0.2) is 27.1 Å². The number of benzene rings is 3. The van der Waals surface area contributed by atoms with Crippen molar-refractivity contribution >= 4 is 39.0 Å². The Kier molecular flexibility index (Phi) is 7.86. The molecule has 0 saturated carbocycles. The molecule has 154 valence electrons. The van der Waals surface area contributed by atoms with E-state index in [1.54, 1.807) is 18.2 Å². The molecular formula is C22H23Cl2NO3S.